The number of ether oxygens (including phenoxy) is 3. The summed E-state index contributed by atoms with van der Waals surface area (Å²) in [6.45, 7) is 21.3. The molecule has 3 heterocycles. The highest BCUT2D eigenvalue weighted by Gasteiger charge is 2.37. The molecule has 8 nitrogen and oxygen atoms in total. The monoisotopic (exact) mass is 609 g/mol. The number of piperidine rings is 1. The highest BCUT2D eigenvalue weighted by Crippen LogP contribution is 2.40. The zero-order chi connectivity index (χ0) is 31.6. The zero-order valence-corrected chi connectivity index (χ0v) is 28.8. The number of nitrogens with one attached hydrogen (secondary N) is 1. The number of hydrogen-bond acceptors (Lipinski definition) is 6. The Morgan fingerprint density at radius 2 is 1.79 bits per heavy atom. The molecule has 1 fully saturated rings. The van der Waals surface area contributed by atoms with Gasteiger partial charge >= 0.3 is 6.09 Å². The maximum Gasteiger partial charge on any atom is 0.410 e. The van der Waals surface area contributed by atoms with E-state index in [9.17, 15) is 4.79 Å². The maximum absolute atomic E-state index is 12.6. The fourth-order valence-corrected chi connectivity index (χ4v) is 6.38. The van der Waals surface area contributed by atoms with E-state index in [0.717, 1.165) is 41.7 Å². The van der Waals surface area contributed by atoms with Crippen LogP contribution in [0, 0.1) is 6.92 Å². The summed E-state index contributed by atoms with van der Waals surface area (Å²) in [6.07, 6.45) is 4.14. The lowest BCUT2D eigenvalue weighted by Crippen LogP contribution is -2.41. The Morgan fingerprint density at radius 1 is 1.09 bits per heavy atom. The molecule has 1 N–H and O–H groups in total. The molecule has 1 aliphatic heterocycles. The molecule has 0 atom stereocenters. The Bertz CT molecular complexity index is 1410. The first-order valence-corrected chi connectivity index (χ1v) is 18.4. The lowest BCUT2D eigenvalue weighted by atomic mass is 9.88. The molecule has 0 saturated carbocycles. The molecule has 1 aliphatic rings. The van der Waals surface area contributed by atoms with Gasteiger partial charge in [-0.1, -0.05) is 26.8 Å². The third kappa shape index (κ3) is 7.99. The summed E-state index contributed by atoms with van der Waals surface area (Å²) in [4.78, 5) is 22.7. The zero-order valence-electron chi connectivity index (χ0n) is 27.8. The van der Waals surface area contributed by atoms with Gasteiger partial charge in [0.1, 0.15) is 11.4 Å². The van der Waals surface area contributed by atoms with Gasteiger partial charge in [0.2, 0.25) is 0 Å². The number of nitrogens with zero attached hydrogens (tertiary/aromatic N) is 2. The summed E-state index contributed by atoms with van der Waals surface area (Å²) >= 11 is 0. The number of benzene rings is 1. The number of rotatable bonds is 9. The van der Waals surface area contributed by atoms with Gasteiger partial charge in [-0.15, -0.1) is 0 Å². The molecular weight excluding hydrogens is 558 g/mol. The summed E-state index contributed by atoms with van der Waals surface area (Å²) in [5.74, 6) is 1.06. The van der Waals surface area contributed by atoms with Crippen molar-refractivity contribution in [3.05, 3.63) is 47.3 Å². The Balaban J connectivity index is 1.67. The van der Waals surface area contributed by atoms with E-state index in [-0.39, 0.29) is 17.9 Å². The summed E-state index contributed by atoms with van der Waals surface area (Å²) in [6, 6.07) is 8.83. The number of pyridine rings is 1. The van der Waals surface area contributed by atoms with Crippen molar-refractivity contribution in [2.75, 3.05) is 33.6 Å². The van der Waals surface area contributed by atoms with E-state index in [0.29, 0.717) is 31.4 Å². The normalized spacial score (nSPS) is 15.3. The molecule has 4 rings (SSSR count). The van der Waals surface area contributed by atoms with Crippen LogP contribution in [-0.2, 0) is 20.3 Å². The highest BCUT2D eigenvalue weighted by molar-refractivity contribution is 6.74. The van der Waals surface area contributed by atoms with E-state index in [4.69, 9.17) is 18.6 Å². The largest absolute Gasteiger partial charge is 0.465 e. The van der Waals surface area contributed by atoms with Crippen LogP contribution in [0.3, 0.4) is 0 Å². The number of aryl methyl sites for hydroxylation is 1. The van der Waals surface area contributed by atoms with Gasteiger partial charge in [0.25, 0.3) is 0 Å². The van der Waals surface area contributed by atoms with Crippen LogP contribution in [0.4, 0.5) is 4.79 Å². The fourth-order valence-electron chi connectivity index (χ4n) is 5.34. The van der Waals surface area contributed by atoms with Crippen molar-refractivity contribution in [3.8, 4) is 17.0 Å². The predicted molar refractivity (Wildman–Crippen MR) is 175 cm³/mol. The maximum atomic E-state index is 12.6. The van der Waals surface area contributed by atoms with Crippen molar-refractivity contribution < 1.29 is 23.4 Å². The number of hydrogen-bond donors (Lipinski definition) is 1. The third-order valence-corrected chi connectivity index (χ3v) is 13.3. The van der Waals surface area contributed by atoms with Crippen LogP contribution in [0.1, 0.15) is 77.1 Å². The molecule has 1 amide bonds. The van der Waals surface area contributed by atoms with Crippen molar-refractivity contribution in [1.82, 2.24) is 14.9 Å². The standard InChI is InChI=1S/C34H51N3O5Si/c1-23-19-28(30(21-35-23)40-22-39-8)31-26(15-18-41-43(9,10)34(5,6)7)27-20-25(11-12-29(27)36-31)24-13-16-37(17-14-24)32(38)42-33(2,3)4/h11-12,19-21,24,36H,13-18,22H2,1-10H3. The van der Waals surface area contributed by atoms with Crippen LogP contribution in [-0.4, -0.2) is 68.5 Å². The Labute approximate surface area is 258 Å². The van der Waals surface area contributed by atoms with Crippen LogP contribution in [0.25, 0.3) is 22.2 Å². The summed E-state index contributed by atoms with van der Waals surface area (Å²) in [5.41, 5.74) is 6.03. The molecule has 1 aromatic carbocycles. The first-order valence-electron chi connectivity index (χ1n) is 15.4. The number of likely N-dealkylation sites (tertiary alicyclic amines) is 1. The topological polar surface area (TPSA) is 85.9 Å². The minimum atomic E-state index is -1.91. The van der Waals surface area contributed by atoms with Crippen molar-refractivity contribution in [3.63, 3.8) is 0 Å². The van der Waals surface area contributed by atoms with E-state index in [1.54, 1.807) is 13.3 Å². The first-order chi connectivity index (χ1) is 20.1. The number of carbonyl (C=O) groups is 1. The van der Waals surface area contributed by atoms with Gasteiger partial charge in [0.05, 0.1) is 11.9 Å². The van der Waals surface area contributed by atoms with Gasteiger partial charge in [-0.25, -0.2) is 4.79 Å². The van der Waals surface area contributed by atoms with Crippen LogP contribution in [0.5, 0.6) is 5.75 Å². The number of aromatic nitrogens is 2. The molecule has 1 saturated heterocycles. The number of aromatic amines is 1. The van der Waals surface area contributed by atoms with Gasteiger partial charge in [0, 0.05) is 49.0 Å². The molecule has 0 spiro atoms. The van der Waals surface area contributed by atoms with Gasteiger partial charge < -0.3 is 28.5 Å². The second-order valence-electron chi connectivity index (χ2n) is 14.3. The SMILES string of the molecule is COCOc1cnc(C)cc1-c1[nH]c2ccc(C3CCN(C(=O)OC(C)(C)C)CC3)cc2c1CCO[Si](C)(C)C(C)(C)C. The molecule has 0 unspecified atom stereocenters. The molecular formula is C34H51N3O5Si. The minimum Gasteiger partial charge on any atom is -0.465 e. The summed E-state index contributed by atoms with van der Waals surface area (Å²) < 4.78 is 23.4. The van der Waals surface area contributed by atoms with Crippen LogP contribution in [0.15, 0.2) is 30.5 Å². The van der Waals surface area contributed by atoms with E-state index >= 15 is 0 Å². The molecule has 3 aromatic rings. The summed E-state index contributed by atoms with van der Waals surface area (Å²) in [7, 11) is -0.294. The molecule has 0 bridgehead atoms. The Kier molecular flexibility index (Phi) is 9.98. The average Bonchev–Trinajstić information content (AvgIpc) is 3.28. The molecule has 0 aliphatic carbocycles. The van der Waals surface area contributed by atoms with E-state index in [1.807, 2.05) is 32.6 Å². The lowest BCUT2D eigenvalue weighted by Gasteiger charge is -2.36. The molecule has 0 radical (unpaired) electrons. The minimum absolute atomic E-state index is 0.140. The smallest absolute Gasteiger partial charge is 0.410 e. The molecule has 2 aromatic heterocycles. The van der Waals surface area contributed by atoms with Gasteiger partial charge in [0.15, 0.2) is 15.1 Å². The van der Waals surface area contributed by atoms with E-state index in [1.165, 1.54) is 16.5 Å². The van der Waals surface area contributed by atoms with Gasteiger partial charge in [-0.05, 0) is 100 Å². The second-order valence-corrected chi connectivity index (χ2v) is 19.1. The van der Waals surface area contributed by atoms with Crippen LogP contribution in [0.2, 0.25) is 18.1 Å². The van der Waals surface area contributed by atoms with E-state index < -0.39 is 13.9 Å². The number of fused-ring (bicyclic) bond motifs is 1. The predicted octanol–water partition coefficient (Wildman–Crippen LogP) is 8.20. The van der Waals surface area contributed by atoms with Gasteiger partial charge in [-0.3, -0.25) is 4.98 Å². The number of amides is 1. The number of methoxy groups -OCH3 is 1. The highest BCUT2D eigenvalue weighted by atomic mass is 28.4. The van der Waals surface area contributed by atoms with Crippen LogP contribution < -0.4 is 4.74 Å². The average molecular weight is 610 g/mol. The van der Waals surface area contributed by atoms with Gasteiger partial charge in [-0.2, -0.15) is 0 Å². The first kappa shape index (κ1) is 33.0. The Morgan fingerprint density at radius 3 is 2.42 bits per heavy atom. The second kappa shape index (κ2) is 13.0. The molecule has 9 heteroatoms. The number of H-pyrrole nitrogens is 1. The van der Waals surface area contributed by atoms with Crippen LogP contribution >= 0.6 is 0 Å². The molecule has 43 heavy (non-hydrogen) atoms. The summed E-state index contributed by atoms with van der Waals surface area (Å²) in [5, 5.41) is 1.34. The quantitative estimate of drug-likeness (QED) is 0.194. The van der Waals surface area contributed by atoms with E-state index in [2.05, 4.69) is 68.1 Å². The lowest BCUT2D eigenvalue weighted by molar-refractivity contribution is 0.0205. The molecule has 236 valence electrons. The fraction of sp³-hybridized carbons (Fsp3) is 0.588. The Hall–Kier alpha value is -2.88. The van der Waals surface area contributed by atoms with Crippen molar-refractivity contribution >= 4 is 25.3 Å². The van der Waals surface area contributed by atoms with Crippen molar-refractivity contribution in [2.45, 2.75) is 97.4 Å². The van der Waals surface area contributed by atoms with Crippen molar-refractivity contribution in [2.24, 2.45) is 0 Å². The van der Waals surface area contributed by atoms with Crippen molar-refractivity contribution in [1.29, 1.82) is 0 Å². The third-order valence-electron chi connectivity index (χ3n) is 8.78. The number of carbonyl (C=O) groups excluding carboxylic acids is 1.